The highest BCUT2D eigenvalue weighted by Gasteiger charge is 2.27. The van der Waals surface area contributed by atoms with Gasteiger partial charge in [0.05, 0.1) is 35.3 Å². The number of carbonyl (C=O) groups excluding carboxylic acids is 1. The fourth-order valence-corrected chi connectivity index (χ4v) is 2.77. The van der Waals surface area contributed by atoms with Crippen LogP contribution >= 0.6 is 0 Å². The van der Waals surface area contributed by atoms with E-state index in [1.165, 1.54) is 0 Å². The van der Waals surface area contributed by atoms with E-state index < -0.39 is 5.60 Å². The fourth-order valence-electron chi connectivity index (χ4n) is 2.77. The SMILES string of the molecule is Cc1c(NC(=O)CC(C)(O)c2ccccc2)cnn1-c1ccccc1. The summed E-state index contributed by atoms with van der Waals surface area (Å²) in [6, 6.07) is 18.9. The van der Waals surface area contributed by atoms with Gasteiger partial charge in [-0.3, -0.25) is 4.79 Å². The quantitative estimate of drug-likeness (QED) is 0.751. The van der Waals surface area contributed by atoms with Crippen LogP contribution in [0, 0.1) is 6.92 Å². The van der Waals surface area contributed by atoms with E-state index in [4.69, 9.17) is 0 Å². The lowest BCUT2D eigenvalue weighted by Gasteiger charge is -2.23. The number of para-hydroxylation sites is 1. The summed E-state index contributed by atoms with van der Waals surface area (Å²) in [5.41, 5.74) is 1.88. The van der Waals surface area contributed by atoms with Crippen molar-refractivity contribution < 1.29 is 9.90 Å². The van der Waals surface area contributed by atoms with Gasteiger partial charge in [0.15, 0.2) is 0 Å². The van der Waals surface area contributed by atoms with Crippen LogP contribution in [0.25, 0.3) is 5.69 Å². The molecule has 0 aliphatic rings. The number of carbonyl (C=O) groups is 1. The number of nitrogens with one attached hydrogen (secondary N) is 1. The molecule has 1 atom stereocenters. The van der Waals surface area contributed by atoms with E-state index in [0.717, 1.165) is 11.4 Å². The van der Waals surface area contributed by atoms with Crippen molar-refractivity contribution in [3.63, 3.8) is 0 Å². The Balaban J connectivity index is 1.73. The average molecular weight is 335 g/mol. The molecule has 1 aromatic heterocycles. The van der Waals surface area contributed by atoms with Crippen molar-refractivity contribution in [2.45, 2.75) is 25.9 Å². The first-order valence-corrected chi connectivity index (χ1v) is 8.15. The molecule has 1 unspecified atom stereocenters. The highest BCUT2D eigenvalue weighted by atomic mass is 16.3. The number of rotatable bonds is 5. The Kier molecular flexibility index (Phi) is 4.67. The third kappa shape index (κ3) is 3.78. The average Bonchev–Trinajstić information content (AvgIpc) is 2.96. The maximum Gasteiger partial charge on any atom is 0.227 e. The summed E-state index contributed by atoms with van der Waals surface area (Å²) in [7, 11) is 0. The predicted molar refractivity (Wildman–Crippen MR) is 97.6 cm³/mol. The van der Waals surface area contributed by atoms with Crippen molar-refractivity contribution in [2.24, 2.45) is 0 Å². The molecule has 5 heteroatoms. The fraction of sp³-hybridized carbons (Fsp3) is 0.200. The second kappa shape index (κ2) is 6.91. The molecule has 128 valence electrons. The van der Waals surface area contributed by atoms with Crippen molar-refractivity contribution in [1.29, 1.82) is 0 Å². The van der Waals surface area contributed by atoms with E-state index in [9.17, 15) is 9.90 Å². The number of hydrogen-bond acceptors (Lipinski definition) is 3. The van der Waals surface area contributed by atoms with Crippen LogP contribution in [0.2, 0.25) is 0 Å². The zero-order valence-corrected chi connectivity index (χ0v) is 14.3. The van der Waals surface area contributed by atoms with Gasteiger partial charge < -0.3 is 10.4 Å². The van der Waals surface area contributed by atoms with Crippen molar-refractivity contribution in [2.75, 3.05) is 5.32 Å². The Morgan fingerprint density at radius 2 is 1.72 bits per heavy atom. The van der Waals surface area contributed by atoms with Gasteiger partial charge in [0.25, 0.3) is 0 Å². The Labute approximate surface area is 146 Å². The summed E-state index contributed by atoms with van der Waals surface area (Å²) in [6.07, 6.45) is 1.59. The topological polar surface area (TPSA) is 67.2 Å². The molecular formula is C20H21N3O2. The molecule has 5 nitrogen and oxygen atoms in total. The van der Waals surface area contributed by atoms with Crippen molar-refractivity contribution in [3.8, 4) is 5.69 Å². The Hall–Kier alpha value is -2.92. The molecule has 0 saturated heterocycles. The molecule has 2 N–H and O–H groups in total. The van der Waals surface area contributed by atoms with Gasteiger partial charge in [0.2, 0.25) is 5.91 Å². The van der Waals surface area contributed by atoms with Crippen LogP contribution in [0.15, 0.2) is 66.9 Å². The molecular weight excluding hydrogens is 314 g/mol. The Morgan fingerprint density at radius 1 is 1.12 bits per heavy atom. The number of hydrogen-bond donors (Lipinski definition) is 2. The van der Waals surface area contributed by atoms with Gasteiger partial charge in [-0.2, -0.15) is 5.10 Å². The first-order valence-electron chi connectivity index (χ1n) is 8.15. The molecule has 0 saturated carbocycles. The van der Waals surface area contributed by atoms with Gasteiger partial charge in [-0.25, -0.2) is 4.68 Å². The highest BCUT2D eigenvalue weighted by molar-refractivity contribution is 5.92. The summed E-state index contributed by atoms with van der Waals surface area (Å²) in [5, 5.41) is 17.8. The van der Waals surface area contributed by atoms with Gasteiger partial charge in [-0.1, -0.05) is 48.5 Å². The van der Waals surface area contributed by atoms with Crippen LogP contribution in [-0.2, 0) is 10.4 Å². The second-order valence-electron chi connectivity index (χ2n) is 6.26. The first-order chi connectivity index (χ1) is 12.0. The zero-order valence-electron chi connectivity index (χ0n) is 14.3. The van der Waals surface area contributed by atoms with E-state index in [-0.39, 0.29) is 12.3 Å². The zero-order chi connectivity index (χ0) is 17.9. The highest BCUT2D eigenvalue weighted by Crippen LogP contribution is 2.25. The van der Waals surface area contributed by atoms with Crippen molar-refractivity contribution in [1.82, 2.24) is 9.78 Å². The van der Waals surface area contributed by atoms with Gasteiger partial charge in [0, 0.05) is 0 Å². The van der Waals surface area contributed by atoms with E-state index in [1.54, 1.807) is 17.8 Å². The first kappa shape index (κ1) is 16.9. The van der Waals surface area contributed by atoms with Gasteiger partial charge in [-0.05, 0) is 31.5 Å². The number of amides is 1. The Morgan fingerprint density at radius 3 is 2.36 bits per heavy atom. The summed E-state index contributed by atoms with van der Waals surface area (Å²) in [4.78, 5) is 12.4. The third-order valence-corrected chi connectivity index (χ3v) is 4.19. The molecule has 1 amide bonds. The minimum atomic E-state index is -1.23. The molecule has 1 heterocycles. The largest absolute Gasteiger partial charge is 0.385 e. The van der Waals surface area contributed by atoms with Crippen LogP contribution in [0.1, 0.15) is 24.6 Å². The molecule has 0 aliphatic carbocycles. The van der Waals surface area contributed by atoms with Crippen molar-refractivity contribution in [3.05, 3.63) is 78.1 Å². The van der Waals surface area contributed by atoms with Crippen molar-refractivity contribution >= 4 is 11.6 Å². The normalized spacial score (nSPS) is 13.2. The molecule has 0 fully saturated rings. The van der Waals surface area contributed by atoms with Gasteiger partial charge in [0.1, 0.15) is 0 Å². The molecule has 0 aliphatic heterocycles. The lowest BCUT2D eigenvalue weighted by Crippen LogP contribution is -2.28. The molecule has 3 aromatic rings. The molecule has 0 radical (unpaired) electrons. The van der Waals surface area contributed by atoms with E-state index >= 15 is 0 Å². The maximum absolute atomic E-state index is 12.4. The van der Waals surface area contributed by atoms with E-state index in [1.807, 2.05) is 67.6 Å². The number of nitrogens with zero attached hydrogens (tertiary/aromatic N) is 2. The van der Waals surface area contributed by atoms with Gasteiger partial charge >= 0.3 is 0 Å². The lowest BCUT2D eigenvalue weighted by molar-refractivity contribution is -0.120. The van der Waals surface area contributed by atoms with E-state index in [0.29, 0.717) is 11.3 Å². The molecule has 3 rings (SSSR count). The standard InChI is InChI=1S/C20H21N3O2/c1-15-18(14-21-23(15)17-11-7-4-8-12-17)22-19(24)13-20(2,25)16-9-5-3-6-10-16/h3-12,14,25H,13H2,1-2H3,(H,22,24). The van der Waals surface area contributed by atoms with Gasteiger partial charge in [-0.15, -0.1) is 0 Å². The van der Waals surface area contributed by atoms with Crippen LogP contribution in [0.4, 0.5) is 5.69 Å². The van der Waals surface area contributed by atoms with Crippen LogP contribution in [-0.4, -0.2) is 20.8 Å². The monoisotopic (exact) mass is 335 g/mol. The number of aliphatic hydroxyl groups is 1. The van der Waals surface area contributed by atoms with E-state index in [2.05, 4.69) is 10.4 Å². The third-order valence-electron chi connectivity index (χ3n) is 4.19. The minimum absolute atomic E-state index is 0.0348. The van der Waals surface area contributed by atoms with Crippen LogP contribution < -0.4 is 5.32 Å². The summed E-state index contributed by atoms with van der Waals surface area (Å²) >= 11 is 0. The minimum Gasteiger partial charge on any atom is -0.385 e. The number of anilines is 1. The maximum atomic E-state index is 12.4. The van der Waals surface area contributed by atoms with Crippen LogP contribution in [0.5, 0.6) is 0 Å². The van der Waals surface area contributed by atoms with Crippen LogP contribution in [0.3, 0.4) is 0 Å². The number of benzene rings is 2. The second-order valence-corrected chi connectivity index (χ2v) is 6.26. The summed E-state index contributed by atoms with van der Waals surface area (Å²) in [5.74, 6) is -0.260. The molecule has 0 spiro atoms. The molecule has 2 aromatic carbocycles. The smallest absolute Gasteiger partial charge is 0.227 e. The molecule has 0 bridgehead atoms. The predicted octanol–water partition coefficient (Wildman–Crippen LogP) is 3.42. The molecule has 25 heavy (non-hydrogen) atoms. The number of aromatic nitrogens is 2. The summed E-state index contributed by atoms with van der Waals surface area (Å²) < 4.78 is 1.77. The summed E-state index contributed by atoms with van der Waals surface area (Å²) in [6.45, 7) is 3.53. The Bertz CT molecular complexity index is 855. The lowest BCUT2D eigenvalue weighted by atomic mass is 9.92.